The molecule has 1 aromatic rings. The Morgan fingerprint density at radius 3 is 2.71 bits per heavy atom. The lowest BCUT2D eigenvalue weighted by Gasteiger charge is -2.20. The molecule has 1 N–H and O–H groups in total. The average molecular weight is 349 g/mol. The average Bonchev–Trinajstić information content (AvgIpc) is 2.26. The van der Waals surface area contributed by atoms with E-state index < -0.39 is 0 Å². The summed E-state index contributed by atoms with van der Waals surface area (Å²) in [5.41, 5.74) is 0. The normalized spacial score (nSPS) is 12.8. The van der Waals surface area contributed by atoms with Gasteiger partial charge in [-0.15, -0.1) is 0 Å². The molecule has 0 saturated carbocycles. The second kappa shape index (κ2) is 7.89. The van der Waals surface area contributed by atoms with E-state index in [9.17, 15) is 0 Å². The number of rotatable bonds is 7. The van der Waals surface area contributed by atoms with E-state index >= 15 is 0 Å². The lowest BCUT2D eigenvalue weighted by Crippen LogP contribution is -2.38. The maximum Gasteiger partial charge on any atom is 0.134 e. The Morgan fingerprint density at radius 1 is 1.35 bits per heavy atom. The maximum atomic E-state index is 5.89. The molecule has 96 valence electrons. The van der Waals surface area contributed by atoms with Crippen LogP contribution in [0.3, 0.4) is 0 Å². The van der Waals surface area contributed by atoms with Crippen molar-refractivity contribution in [3.8, 4) is 5.75 Å². The van der Waals surface area contributed by atoms with Gasteiger partial charge in [-0.25, -0.2) is 0 Å². The van der Waals surface area contributed by atoms with Gasteiger partial charge in [0.1, 0.15) is 11.9 Å². The zero-order chi connectivity index (χ0) is 12.7. The number of methoxy groups -OCH3 is 1. The summed E-state index contributed by atoms with van der Waals surface area (Å²) >= 11 is 2.28. The Bertz CT molecular complexity index is 331. The summed E-state index contributed by atoms with van der Waals surface area (Å²) in [4.78, 5) is 0. The molecule has 0 aliphatic carbocycles. The van der Waals surface area contributed by atoms with Crippen LogP contribution >= 0.6 is 22.6 Å². The van der Waals surface area contributed by atoms with Crippen LogP contribution in [0, 0.1) is 3.57 Å². The topological polar surface area (TPSA) is 30.5 Å². The molecule has 3 nitrogen and oxygen atoms in total. The summed E-state index contributed by atoms with van der Waals surface area (Å²) in [5, 5.41) is 3.36. The molecule has 4 heteroatoms. The van der Waals surface area contributed by atoms with Gasteiger partial charge in [0.15, 0.2) is 0 Å². The number of hydrogen-bond donors (Lipinski definition) is 1. The van der Waals surface area contributed by atoms with E-state index in [1.54, 1.807) is 7.11 Å². The highest BCUT2D eigenvalue weighted by atomic mass is 127. The van der Waals surface area contributed by atoms with E-state index in [-0.39, 0.29) is 6.10 Å². The molecular formula is C13H20INO2. The third kappa shape index (κ3) is 6.24. The van der Waals surface area contributed by atoms with Crippen molar-refractivity contribution in [3.63, 3.8) is 0 Å². The van der Waals surface area contributed by atoms with Crippen LogP contribution in [0.4, 0.5) is 0 Å². The minimum atomic E-state index is 0.0422. The first-order chi connectivity index (χ1) is 8.11. The highest BCUT2D eigenvalue weighted by Crippen LogP contribution is 2.16. The molecule has 1 aromatic carbocycles. The molecule has 0 heterocycles. The van der Waals surface area contributed by atoms with Crippen molar-refractivity contribution >= 4 is 22.6 Å². The Labute approximate surface area is 117 Å². The molecule has 1 rings (SSSR count). The lowest BCUT2D eigenvalue weighted by atomic mass is 10.3. The van der Waals surface area contributed by atoms with Gasteiger partial charge >= 0.3 is 0 Å². The molecule has 0 bridgehead atoms. The summed E-state index contributed by atoms with van der Waals surface area (Å²) in [6, 6.07) is 8.50. The van der Waals surface area contributed by atoms with Crippen molar-refractivity contribution in [3.05, 3.63) is 27.8 Å². The first-order valence-corrected chi connectivity index (χ1v) is 6.84. The maximum absolute atomic E-state index is 5.89. The first kappa shape index (κ1) is 14.7. The zero-order valence-electron chi connectivity index (χ0n) is 10.6. The fourth-order valence-corrected chi connectivity index (χ4v) is 1.93. The molecule has 0 saturated heterocycles. The summed E-state index contributed by atoms with van der Waals surface area (Å²) in [6.07, 6.45) is 0.0422. The quantitative estimate of drug-likeness (QED) is 0.768. The van der Waals surface area contributed by atoms with Crippen LogP contribution in [-0.4, -0.2) is 32.4 Å². The van der Waals surface area contributed by atoms with Crippen molar-refractivity contribution in [1.29, 1.82) is 0 Å². The lowest BCUT2D eigenvalue weighted by molar-refractivity contribution is 0.0794. The molecule has 0 aliphatic rings. The predicted molar refractivity (Wildman–Crippen MR) is 78.6 cm³/mol. The van der Waals surface area contributed by atoms with E-state index in [4.69, 9.17) is 9.47 Å². The summed E-state index contributed by atoms with van der Waals surface area (Å²) in [6.45, 7) is 5.62. The Kier molecular flexibility index (Phi) is 6.84. The van der Waals surface area contributed by atoms with Crippen LogP contribution in [0.2, 0.25) is 0 Å². The Balaban J connectivity index is 2.53. The Morgan fingerprint density at radius 2 is 2.12 bits per heavy atom. The zero-order valence-corrected chi connectivity index (χ0v) is 12.7. The van der Waals surface area contributed by atoms with Crippen molar-refractivity contribution in [2.75, 3.05) is 20.3 Å². The second-order valence-corrected chi connectivity index (χ2v) is 5.46. The standard InChI is InChI=1S/C13H20INO2/c1-10(2)15-8-13(9-16-3)17-12-6-4-5-11(14)7-12/h4-7,10,13,15H,8-9H2,1-3H3. The van der Waals surface area contributed by atoms with Crippen LogP contribution in [-0.2, 0) is 4.74 Å². The number of ether oxygens (including phenoxy) is 2. The molecule has 0 spiro atoms. The van der Waals surface area contributed by atoms with Gasteiger partial charge < -0.3 is 14.8 Å². The van der Waals surface area contributed by atoms with E-state index in [1.807, 2.05) is 24.3 Å². The van der Waals surface area contributed by atoms with Gasteiger partial charge in [-0.3, -0.25) is 0 Å². The molecule has 0 fully saturated rings. The molecule has 0 radical (unpaired) electrons. The Hall–Kier alpha value is -0.330. The van der Waals surface area contributed by atoms with Crippen LogP contribution in [0.15, 0.2) is 24.3 Å². The molecule has 1 atom stereocenters. The summed E-state index contributed by atoms with van der Waals surface area (Å²) in [5.74, 6) is 0.893. The largest absolute Gasteiger partial charge is 0.487 e. The first-order valence-electron chi connectivity index (χ1n) is 5.76. The highest BCUT2D eigenvalue weighted by Gasteiger charge is 2.10. The third-order valence-electron chi connectivity index (χ3n) is 2.21. The van der Waals surface area contributed by atoms with E-state index in [0.29, 0.717) is 12.6 Å². The van der Waals surface area contributed by atoms with Gasteiger partial charge in [0.25, 0.3) is 0 Å². The molecule has 0 amide bonds. The summed E-state index contributed by atoms with van der Waals surface area (Å²) in [7, 11) is 1.69. The van der Waals surface area contributed by atoms with Gasteiger partial charge in [0.2, 0.25) is 0 Å². The predicted octanol–water partition coefficient (Wildman–Crippen LogP) is 2.68. The van der Waals surface area contributed by atoms with E-state index in [2.05, 4.69) is 41.8 Å². The SMILES string of the molecule is COCC(CNC(C)C)Oc1cccc(I)c1. The minimum absolute atomic E-state index is 0.0422. The van der Waals surface area contributed by atoms with Gasteiger partial charge in [-0.1, -0.05) is 19.9 Å². The van der Waals surface area contributed by atoms with Crippen LogP contribution in [0.5, 0.6) is 5.75 Å². The highest BCUT2D eigenvalue weighted by molar-refractivity contribution is 14.1. The number of nitrogens with one attached hydrogen (secondary N) is 1. The third-order valence-corrected chi connectivity index (χ3v) is 2.88. The van der Waals surface area contributed by atoms with Gasteiger partial charge in [0, 0.05) is 23.3 Å². The van der Waals surface area contributed by atoms with E-state index in [0.717, 1.165) is 12.3 Å². The number of hydrogen-bond acceptors (Lipinski definition) is 3. The van der Waals surface area contributed by atoms with Crippen LogP contribution in [0.1, 0.15) is 13.8 Å². The molecular weight excluding hydrogens is 329 g/mol. The monoisotopic (exact) mass is 349 g/mol. The second-order valence-electron chi connectivity index (χ2n) is 4.22. The fraction of sp³-hybridized carbons (Fsp3) is 0.538. The number of halogens is 1. The van der Waals surface area contributed by atoms with Crippen molar-refractivity contribution in [2.24, 2.45) is 0 Å². The fourth-order valence-electron chi connectivity index (χ4n) is 1.42. The number of benzene rings is 1. The molecule has 1 unspecified atom stereocenters. The van der Waals surface area contributed by atoms with Gasteiger partial charge in [-0.2, -0.15) is 0 Å². The van der Waals surface area contributed by atoms with E-state index in [1.165, 1.54) is 3.57 Å². The molecule has 0 aliphatic heterocycles. The van der Waals surface area contributed by atoms with Crippen molar-refractivity contribution in [1.82, 2.24) is 5.32 Å². The summed E-state index contributed by atoms with van der Waals surface area (Å²) < 4.78 is 12.2. The van der Waals surface area contributed by atoms with Crippen LogP contribution < -0.4 is 10.1 Å². The van der Waals surface area contributed by atoms with Gasteiger partial charge in [-0.05, 0) is 40.8 Å². The van der Waals surface area contributed by atoms with Crippen molar-refractivity contribution < 1.29 is 9.47 Å². The molecule has 17 heavy (non-hydrogen) atoms. The van der Waals surface area contributed by atoms with Crippen molar-refractivity contribution in [2.45, 2.75) is 26.0 Å². The molecule has 0 aromatic heterocycles. The minimum Gasteiger partial charge on any atom is -0.487 e. The smallest absolute Gasteiger partial charge is 0.134 e. The van der Waals surface area contributed by atoms with Gasteiger partial charge in [0.05, 0.1) is 6.61 Å². The van der Waals surface area contributed by atoms with Crippen LogP contribution in [0.25, 0.3) is 0 Å².